The van der Waals surface area contributed by atoms with Crippen molar-refractivity contribution in [2.45, 2.75) is 19.8 Å². The zero-order valence-corrected chi connectivity index (χ0v) is 13.2. The van der Waals surface area contributed by atoms with Gasteiger partial charge in [-0.3, -0.25) is 9.59 Å². The molecule has 2 amide bonds. The van der Waals surface area contributed by atoms with Crippen molar-refractivity contribution in [1.82, 2.24) is 4.90 Å². The van der Waals surface area contributed by atoms with E-state index in [9.17, 15) is 14.4 Å². The third-order valence-corrected chi connectivity index (χ3v) is 3.27. The average molecular weight is 357 g/mol. The Balaban J connectivity index is 3.07. The summed E-state index contributed by atoms with van der Waals surface area (Å²) in [5.74, 6) is -2.14. The van der Waals surface area contributed by atoms with E-state index >= 15 is 0 Å². The number of rotatable bonds is 7. The lowest BCUT2D eigenvalue weighted by molar-refractivity contribution is -0.118. The highest BCUT2D eigenvalue weighted by Crippen LogP contribution is 2.18. The summed E-state index contributed by atoms with van der Waals surface area (Å²) in [5, 5.41) is 9.02. The van der Waals surface area contributed by atoms with Crippen LogP contribution >= 0.6 is 15.9 Å². The first kappa shape index (κ1) is 17.2. The zero-order valence-electron chi connectivity index (χ0n) is 11.6. The first-order chi connectivity index (χ1) is 9.85. The van der Waals surface area contributed by atoms with E-state index in [2.05, 4.69) is 15.9 Å². The molecule has 0 heterocycles. The van der Waals surface area contributed by atoms with Gasteiger partial charge in [0, 0.05) is 16.6 Å². The molecule has 0 aromatic heterocycles. The summed E-state index contributed by atoms with van der Waals surface area (Å²) in [6, 6.07) is 4.22. The van der Waals surface area contributed by atoms with Crippen molar-refractivity contribution < 1.29 is 19.5 Å². The van der Waals surface area contributed by atoms with Crippen LogP contribution < -0.4 is 5.73 Å². The highest BCUT2D eigenvalue weighted by Gasteiger charge is 2.19. The van der Waals surface area contributed by atoms with E-state index < -0.39 is 17.8 Å². The van der Waals surface area contributed by atoms with Crippen molar-refractivity contribution in [3.8, 4) is 0 Å². The van der Waals surface area contributed by atoms with Crippen LogP contribution in [0.15, 0.2) is 22.7 Å². The van der Waals surface area contributed by atoms with Gasteiger partial charge in [0.25, 0.3) is 5.91 Å². The Morgan fingerprint density at radius 1 is 1.24 bits per heavy atom. The van der Waals surface area contributed by atoms with Gasteiger partial charge in [-0.25, -0.2) is 4.79 Å². The third-order valence-electron chi connectivity index (χ3n) is 2.81. The zero-order chi connectivity index (χ0) is 16.0. The lowest BCUT2D eigenvalue weighted by Crippen LogP contribution is -2.39. The Morgan fingerprint density at radius 2 is 1.86 bits per heavy atom. The number of hydrogen-bond acceptors (Lipinski definition) is 3. The fourth-order valence-electron chi connectivity index (χ4n) is 1.81. The maximum Gasteiger partial charge on any atom is 0.335 e. The molecule has 1 aromatic rings. The number of carbonyl (C=O) groups excluding carboxylic acids is 2. The minimum atomic E-state index is -1.12. The van der Waals surface area contributed by atoms with Gasteiger partial charge >= 0.3 is 5.97 Å². The van der Waals surface area contributed by atoms with Gasteiger partial charge in [0.2, 0.25) is 5.91 Å². The number of benzene rings is 1. The topological polar surface area (TPSA) is 101 Å². The summed E-state index contributed by atoms with van der Waals surface area (Å²) in [6.45, 7) is 2.18. The van der Waals surface area contributed by atoms with Crippen molar-refractivity contribution in [3.05, 3.63) is 33.8 Å². The van der Waals surface area contributed by atoms with Crippen LogP contribution in [0.25, 0.3) is 0 Å². The second-order valence-electron chi connectivity index (χ2n) is 4.58. The molecular weight excluding hydrogens is 340 g/mol. The molecule has 0 aliphatic carbocycles. The van der Waals surface area contributed by atoms with Gasteiger partial charge in [0.15, 0.2) is 0 Å². The largest absolute Gasteiger partial charge is 0.478 e. The molecule has 0 atom stereocenters. The van der Waals surface area contributed by atoms with Crippen LogP contribution in [-0.4, -0.2) is 40.9 Å². The quantitative estimate of drug-likeness (QED) is 0.778. The SMILES string of the molecule is CCCCN(CC(N)=O)C(=O)c1cc(Br)cc(C(=O)O)c1. The van der Waals surface area contributed by atoms with Gasteiger partial charge in [-0.05, 0) is 24.6 Å². The Labute approximate surface area is 131 Å². The number of carboxylic acid groups (broad SMARTS) is 1. The standard InChI is InChI=1S/C14H17BrN2O4/c1-2-3-4-17(8-12(16)18)13(19)9-5-10(14(20)21)7-11(15)6-9/h5-7H,2-4,8H2,1H3,(H2,16,18)(H,20,21). The van der Waals surface area contributed by atoms with E-state index in [4.69, 9.17) is 10.8 Å². The van der Waals surface area contributed by atoms with Crippen molar-refractivity contribution in [1.29, 1.82) is 0 Å². The number of carboxylic acids is 1. The summed E-state index contributed by atoms with van der Waals surface area (Å²) in [6.07, 6.45) is 1.60. The van der Waals surface area contributed by atoms with Crippen LogP contribution in [0.1, 0.15) is 40.5 Å². The monoisotopic (exact) mass is 356 g/mol. The smallest absolute Gasteiger partial charge is 0.335 e. The maximum atomic E-state index is 12.4. The summed E-state index contributed by atoms with van der Waals surface area (Å²) in [7, 11) is 0. The molecule has 0 saturated heterocycles. The van der Waals surface area contributed by atoms with Gasteiger partial charge in [0.1, 0.15) is 0 Å². The Kier molecular flexibility index (Phi) is 6.36. The normalized spacial score (nSPS) is 10.2. The predicted molar refractivity (Wildman–Crippen MR) is 81.1 cm³/mol. The summed E-state index contributed by atoms with van der Waals surface area (Å²) >= 11 is 3.18. The van der Waals surface area contributed by atoms with E-state index in [1.807, 2.05) is 6.92 Å². The molecule has 0 bridgehead atoms. The van der Waals surface area contributed by atoms with E-state index in [0.29, 0.717) is 11.0 Å². The van der Waals surface area contributed by atoms with Gasteiger partial charge in [0.05, 0.1) is 12.1 Å². The molecule has 1 aromatic carbocycles. The Morgan fingerprint density at radius 3 is 2.38 bits per heavy atom. The van der Waals surface area contributed by atoms with Crippen LogP contribution in [0, 0.1) is 0 Å². The molecule has 21 heavy (non-hydrogen) atoms. The van der Waals surface area contributed by atoms with E-state index in [1.54, 1.807) is 0 Å². The summed E-state index contributed by atoms with van der Waals surface area (Å²) in [5.41, 5.74) is 5.36. The van der Waals surface area contributed by atoms with Crippen molar-refractivity contribution in [3.63, 3.8) is 0 Å². The van der Waals surface area contributed by atoms with E-state index in [1.165, 1.54) is 23.1 Å². The molecule has 1 rings (SSSR count). The first-order valence-electron chi connectivity index (χ1n) is 6.46. The van der Waals surface area contributed by atoms with Crippen LogP contribution in [0.2, 0.25) is 0 Å². The second kappa shape index (κ2) is 7.78. The molecule has 0 aliphatic rings. The maximum absolute atomic E-state index is 12.4. The molecule has 0 spiro atoms. The van der Waals surface area contributed by atoms with E-state index in [-0.39, 0.29) is 17.7 Å². The number of nitrogens with two attached hydrogens (primary N) is 1. The number of carbonyl (C=O) groups is 3. The first-order valence-corrected chi connectivity index (χ1v) is 7.26. The highest BCUT2D eigenvalue weighted by molar-refractivity contribution is 9.10. The molecule has 6 nitrogen and oxygen atoms in total. The lowest BCUT2D eigenvalue weighted by Gasteiger charge is -2.21. The molecule has 0 radical (unpaired) electrons. The van der Waals surface area contributed by atoms with Crippen LogP contribution in [0.3, 0.4) is 0 Å². The Bertz CT molecular complexity index is 560. The number of nitrogens with zero attached hydrogens (tertiary/aromatic N) is 1. The molecule has 0 fully saturated rings. The van der Waals surface area contributed by atoms with Crippen molar-refractivity contribution >= 4 is 33.7 Å². The van der Waals surface area contributed by atoms with Crippen LogP contribution in [-0.2, 0) is 4.79 Å². The van der Waals surface area contributed by atoms with Crippen molar-refractivity contribution in [2.75, 3.05) is 13.1 Å². The lowest BCUT2D eigenvalue weighted by atomic mass is 10.1. The number of primary amides is 1. The summed E-state index contributed by atoms with van der Waals surface area (Å²) in [4.78, 5) is 35.9. The number of halogens is 1. The predicted octanol–water partition coefficient (Wildman–Crippen LogP) is 1.87. The number of unbranched alkanes of at least 4 members (excludes halogenated alkanes) is 1. The van der Waals surface area contributed by atoms with E-state index in [0.717, 1.165) is 12.8 Å². The minimum Gasteiger partial charge on any atom is -0.478 e. The molecule has 7 heteroatoms. The highest BCUT2D eigenvalue weighted by atomic mass is 79.9. The Hall–Kier alpha value is -1.89. The molecule has 0 aliphatic heterocycles. The number of aromatic carboxylic acids is 1. The average Bonchev–Trinajstić information content (AvgIpc) is 2.41. The fourth-order valence-corrected chi connectivity index (χ4v) is 2.30. The molecular formula is C14H17BrN2O4. The van der Waals surface area contributed by atoms with Gasteiger partial charge < -0.3 is 15.7 Å². The summed E-state index contributed by atoms with van der Waals surface area (Å²) < 4.78 is 0.486. The molecule has 3 N–H and O–H groups in total. The van der Waals surface area contributed by atoms with Gasteiger partial charge in [-0.15, -0.1) is 0 Å². The number of amides is 2. The van der Waals surface area contributed by atoms with Crippen molar-refractivity contribution in [2.24, 2.45) is 5.73 Å². The molecule has 114 valence electrons. The van der Waals surface area contributed by atoms with Gasteiger partial charge in [-0.2, -0.15) is 0 Å². The fraction of sp³-hybridized carbons (Fsp3) is 0.357. The number of hydrogen-bond donors (Lipinski definition) is 2. The second-order valence-corrected chi connectivity index (χ2v) is 5.50. The molecule has 0 saturated carbocycles. The van der Waals surface area contributed by atoms with Gasteiger partial charge in [-0.1, -0.05) is 29.3 Å². The minimum absolute atomic E-state index is 0.00208. The molecule has 0 unspecified atom stereocenters. The van der Waals surface area contributed by atoms with Crippen LogP contribution in [0.4, 0.5) is 0 Å². The van der Waals surface area contributed by atoms with Crippen LogP contribution in [0.5, 0.6) is 0 Å². The third kappa shape index (κ3) is 5.18.